The lowest BCUT2D eigenvalue weighted by atomic mass is 9.98. The predicted octanol–water partition coefficient (Wildman–Crippen LogP) is 0.174. The fourth-order valence-electron chi connectivity index (χ4n) is 3.40. The molecule has 0 aromatic heterocycles. The van der Waals surface area contributed by atoms with Gasteiger partial charge in [-0.3, -0.25) is 0 Å². The van der Waals surface area contributed by atoms with E-state index in [1.807, 2.05) is 0 Å². The molecule has 4 nitrogen and oxygen atoms in total. The van der Waals surface area contributed by atoms with Gasteiger partial charge in [0.15, 0.2) is 0 Å². The maximum absolute atomic E-state index is 6.01. The highest BCUT2D eigenvalue weighted by molar-refractivity contribution is 5.06. The van der Waals surface area contributed by atoms with Gasteiger partial charge in [-0.15, -0.1) is 0 Å². The Morgan fingerprint density at radius 2 is 1.11 bits per heavy atom. The molecule has 104 valence electrons. The second-order valence-corrected chi connectivity index (χ2v) is 6.85. The standard InChI is InChI=1S/2C7H14N2/c2*8-7(2-3-7)6-1-4-9-5-6/h2*6,9H,1-5,8H2/t2*6-/m10/s1. The van der Waals surface area contributed by atoms with E-state index < -0.39 is 0 Å². The Hall–Kier alpha value is -0.160. The van der Waals surface area contributed by atoms with E-state index in [-0.39, 0.29) is 11.1 Å². The molecular weight excluding hydrogens is 224 g/mol. The SMILES string of the molecule is NC1([C@@H]2CCNC2)CC1.NC1([C@H]2CCNC2)CC1. The largest absolute Gasteiger partial charge is 0.325 e. The summed E-state index contributed by atoms with van der Waals surface area (Å²) in [5.74, 6) is 1.58. The minimum absolute atomic E-state index is 0.267. The van der Waals surface area contributed by atoms with Crippen molar-refractivity contribution in [3.05, 3.63) is 0 Å². The van der Waals surface area contributed by atoms with Gasteiger partial charge in [-0.2, -0.15) is 0 Å². The van der Waals surface area contributed by atoms with Crippen LogP contribution in [0.3, 0.4) is 0 Å². The van der Waals surface area contributed by atoms with E-state index in [9.17, 15) is 0 Å². The fraction of sp³-hybridized carbons (Fsp3) is 1.00. The van der Waals surface area contributed by atoms with Crippen LogP contribution in [-0.2, 0) is 0 Å². The number of nitrogens with two attached hydrogens (primary N) is 2. The minimum atomic E-state index is 0.267. The summed E-state index contributed by atoms with van der Waals surface area (Å²) in [5.41, 5.74) is 12.6. The van der Waals surface area contributed by atoms with Gasteiger partial charge in [0.05, 0.1) is 0 Å². The van der Waals surface area contributed by atoms with Crippen molar-refractivity contribution in [3.63, 3.8) is 0 Å². The average molecular weight is 252 g/mol. The summed E-state index contributed by atoms with van der Waals surface area (Å²) in [6.45, 7) is 4.69. The smallest absolute Gasteiger partial charge is 0.0196 e. The fourth-order valence-corrected chi connectivity index (χ4v) is 3.40. The van der Waals surface area contributed by atoms with Crippen LogP contribution in [-0.4, -0.2) is 37.3 Å². The van der Waals surface area contributed by atoms with Crippen LogP contribution in [0.15, 0.2) is 0 Å². The number of nitrogens with one attached hydrogen (secondary N) is 2. The van der Waals surface area contributed by atoms with Crippen LogP contribution in [0.4, 0.5) is 0 Å². The molecule has 2 aliphatic heterocycles. The molecular formula is C14H28N4. The average Bonchev–Trinajstić information content (AvgIpc) is 3.16. The van der Waals surface area contributed by atoms with E-state index in [1.54, 1.807) is 0 Å². The van der Waals surface area contributed by atoms with Gasteiger partial charge in [0.1, 0.15) is 0 Å². The van der Waals surface area contributed by atoms with Crippen molar-refractivity contribution in [2.45, 2.75) is 49.6 Å². The third-order valence-corrected chi connectivity index (χ3v) is 5.40. The van der Waals surface area contributed by atoms with Crippen molar-refractivity contribution >= 4 is 0 Å². The molecule has 0 amide bonds. The quantitative estimate of drug-likeness (QED) is 0.565. The number of hydrogen-bond acceptors (Lipinski definition) is 4. The highest BCUT2D eigenvalue weighted by atomic mass is 15.0. The molecule has 0 bridgehead atoms. The number of hydrogen-bond donors (Lipinski definition) is 4. The highest BCUT2D eigenvalue weighted by Crippen LogP contribution is 2.42. The molecule has 2 heterocycles. The van der Waals surface area contributed by atoms with E-state index in [1.165, 1.54) is 51.6 Å². The molecule has 18 heavy (non-hydrogen) atoms. The maximum Gasteiger partial charge on any atom is 0.0196 e. The molecule has 0 aromatic rings. The lowest BCUT2D eigenvalue weighted by Crippen LogP contribution is -2.33. The summed E-state index contributed by atoms with van der Waals surface area (Å²) in [6.07, 6.45) is 7.66. The van der Waals surface area contributed by atoms with E-state index in [0.29, 0.717) is 0 Å². The van der Waals surface area contributed by atoms with Crippen LogP contribution < -0.4 is 22.1 Å². The molecule has 4 heteroatoms. The molecule has 0 radical (unpaired) electrons. The molecule has 6 N–H and O–H groups in total. The molecule has 4 fully saturated rings. The van der Waals surface area contributed by atoms with Gasteiger partial charge < -0.3 is 22.1 Å². The van der Waals surface area contributed by atoms with Gasteiger partial charge in [-0.05, 0) is 76.5 Å². The van der Waals surface area contributed by atoms with Crippen molar-refractivity contribution in [1.29, 1.82) is 0 Å². The van der Waals surface area contributed by atoms with E-state index in [2.05, 4.69) is 10.6 Å². The van der Waals surface area contributed by atoms with Crippen molar-refractivity contribution in [1.82, 2.24) is 10.6 Å². The molecule has 2 saturated carbocycles. The highest BCUT2D eigenvalue weighted by Gasteiger charge is 2.46. The molecule has 4 aliphatic rings. The van der Waals surface area contributed by atoms with Crippen LogP contribution in [0.5, 0.6) is 0 Å². The second kappa shape index (κ2) is 4.75. The topological polar surface area (TPSA) is 76.1 Å². The Morgan fingerprint density at radius 1 is 0.722 bits per heavy atom. The van der Waals surface area contributed by atoms with Crippen molar-refractivity contribution < 1.29 is 0 Å². The first-order chi connectivity index (χ1) is 8.62. The van der Waals surface area contributed by atoms with E-state index in [4.69, 9.17) is 11.5 Å². The molecule has 0 unspecified atom stereocenters. The van der Waals surface area contributed by atoms with Crippen LogP contribution in [0.1, 0.15) is 38.5 Å². The predicted molar refractivity (Wildman–Crippen MR) is 74.3 cm³/mol. The minimum Gasteiger partial charge on any atom is -0.325 e. The van der Waals surface area contributed by atoms with Crippen LogP contribution in [0, 0.1) is 11.8 Å². The Morgan fingerprint density at radius 3 is 1.33 bits per heavy atom. The second-order valence-electron chi connectivity index (χ2n) is 6.85. The Labute approximate surface area is 110 Å². The first kappa shape index (κ1) is 12.9. The zero-order chi connectivity index (χ0) is 12.6. The lowest BCUT2D eigenvalue weighted by Gasteiger charge is -2.15. The van der Waals surface area contributed by atoms with Gasteiger partial charge in [0.2, 0.25) is 0 Å². The van der Waals surface area contributed by atoms with Gasteiger partial charge in [0.25, 0.3) is 0 Å². The van der Waals surface area contributed by atoms with Gasteiger partial charge in [-0.25, -0.2) is 0 Å². The van der Waals surface area contributed by atoms with Crippen molar-refractivity contribution in [3.8, 4) is 0 Å². The summed E-state index contributed by atoms with van der Waals surface area (Å²) in [5, 5.41) is 6.68. The summed E-state index contributed by atoms with van der Waals surface area (Å²) >= 11 is 0. The first-order valence-corrected chi connectivity index (χ1v) is 7.62. The molecule has 2 atom stereocenters. The van der Waals surface area contributed by atoms with Crippen molar-refractivity contribution in [2.24, 2.45) is 23.3 Å². The van der Waals surface area contributed by atoms with Crippen LogP contribution in [0.2, 0.25) is 0 Å². The number of rotatable bonds is 2. The van der Waals surface area contributed by atoms with Gasteiger partial charge >= 0.3 is 0 Å². The van der Waals surface area contributed by atoms with Crippen LogP contribution >= 0.6 is 0 Å². The first-order valence-electron chi connectivity index (χ1n) is 7.62. The summed E-state index contributed by atoms with van der Waals surface area (Å²) < 4.78 is 0. The summed E-state index contributed by atoms with van der Waals surface area (Å²) in [7, 11) is 0. The monoisotopic (exact) mass is 252 g/mol. The zero-order valence-corrected chi connectivity index (χ0v) is 11.4. The molecule has 0 aromatic carbocycles. The third kappa shape index (κ3) is 2.72. The molecule has 0 spiro atoms. The van der Waals surface area contributed by atoms with Gasteiger partial charge in [-0.1, -0.05) is 0 Å². The molecule has 4 rings (SSSR count). The van der Waals surface area contributed by atoms with Crippen molar-refractivity contribution in [2.75, 3.05) is 26.2 Å². The van der Waals surface area contributed by atoms with Gasteiger partial charge in [0, 0.05) is 11.1 Å². The molecule has 2 aliphatic carbocycles. The summed E-state index contributed by atoms with van der Waals surface area (Å²) in [4.78, 5) is 0. The summed E-state index contributed by atoms with van der Waals surface area (Å²) in [6, 6.07) is 0. The normalized spacial score (nSPS) is 39.0. The van der Waals surface area contributed by atoms with E-state index >= 15 is 0 Å². The lowest BCUT2D eigenvalue weighted by molar-refractivity contribution is 0.438. The van der Waals surface area contributed by atoms with E-state index in [0.717, 1.165) is 24.9 Å². The Bertz CT molecular complexity index is 254. The Kier molecular flexibility index (Phi) is 3.39. The molecule has 2 saturated heterocycles. The third-order valence-electron chi connectivity index (χ3n) is 5.40. The maximum atomic E-state index is 6.01. The van der Waals surface area contributed by atoms with Crippen LogP contribution in [0.25, 0.3) is 0 Å². The zero-order valence-electron chi connectivity index (χ0n) is 11.4. The Balaban J connectivity index is 0.000000111.